The second kappa shape index (κ2) is 9.26. The lowest BCUT2D eigenvalue weighted by atomic mass is 10.00. The molecule has 2 aliphatic heterocycles. The van der Waals surface area contributed by atoms with E-state index >= 15 is 0 Å². The van der Waals surface area contributed by atoms with Gasteiger partial charge in [0.1, 0.15) is 11.6 Å². The lowest BCUT2D eigenvalue weighted by Crippen LogP contribution is -2.55. The number of hydrogen-bond acceptors (Lipinski definition) is 7. The van der Waals surface area contributed by atoms with E-state index in [0.29, 0.717) is 23.4 Å². The molecule has 8 heteroatoms. The van der Waals surface area contributed by atoms with E-state index in [2.05, 4.69) is 52.3 Å². The molecular formula is C27H33N7O. The number of phenols is 1. The third-order valence-corrected chi connectivity index (χ3v) is 6.68. The Hall–Kier alpha value is -3.52. The molecule has 2 aliphatic rings. The number of amidine groups is 1. The molecule has 1 saturated heterocycles. The Kier molecular flexibility index (Phi) is 6.15. The summed E-state index contributed by atoms with van der Waals surface area (Å²) < 4.78 is 1.80. The van der Waals surface area contributed by atoms with Crippen LogP contribution in [0.3, 0.4) is 0 Å². The van der Waals surface area contributed by atoms with Crippen LogP contribution in [-0.2, 0) is 0 Å². The first kappa shape index (κ1) is 23.2. The number of allylic oxidation sites excluding steroid dienone is 1. The molecule has 35 heavy (non-hydrogen) atoms. The van der Waals surface area contributed by atoms with Gasteiger partial charge in [-0.3, -0.25) is 0 Å². The summed E-state index contributed by atoms with van der Waals surface area (Å²) >= 11 is 0. The van der Waals surface area contributed by atoms with Crippen molar-refractivity contribution in [3.63, 3.8) is 0 Å². The number of nitrogens with zero attached hydrogens (tertiary/aromatic N) is 6. The van der Waals surface area contributed by atoms with Gasteiger partial charge in [-0.05, 0) is 64.0 Å². The van der Waals surface area contributed by atoms with Crippen LogP contribution in [-0.4, -0.2) is 61.3 Å². The molecule has 8 nitrogen and oxygen atoms in total. The molecule has 5 rings (SSSR count). The van der Waals surface area contributed by atoms with Gasteiger partial charge in [0.15, 0.2) is 5.65 Å². The Morgan fingerprint density at radius 1 is 1.09 bits per heavy atom. The summed E-state index contributed by atoms with van der Waals surface area (Å²) in [5.41, 5.74) is 7.03. The molecule has 0 saturated carbocycles. The number of aromatic nitrogens is 3. The van der Waals surface area contributed by atoms with Gasteiger partial charge in [-0.1, -0.05) is 18.6 Å². The Morgan fingerprint density at radius 2 is 1.86 bits per heavy atom. The zero-order valence-corrected chi connectivity index (χ0v) is 21.1. The minimum absolute atomic E-state index is 0.164. The molecule has 0 radical (unpaired) electrons. The largest absolute Gasteiger partial charge is 0.507 e. The molecule has 0 spiro atoms. The summed E-state index contributed by atoms with van der Waals surface area (Å²) in [6, 6.07) is 8.44. The van der Waals surface area contributed by atoms with Crippen molar-refractivity contribution in [2.45, 2.75) is 59.5 Å². The average Bonchev–Trinajstić information content (AvgIpc) is 3.06. The predicted octanol–water partition coefficient (Wildman–Crippen LogP) is 4.24. The Morgan fingerprint density at radius 3 is 2.57 bits per heavy atom. The van der Waals surface area contributed by atoms with Crippen LogP contribution in [0.25, 0.3) is 16.9 Å². The molecule has 1 fully saturated rings. The van der Waals surface area contributed by atoms with Gasteiger partial charge in [-0.25, -0.2) is 9.50 Å². The first-order chi connectivity index (χ1) is 16.8. The number of imidazole rings is 1. The van der Waals surface area contributed by atoms with Gasteiger partial charge in [0.2, 0.25) is 0 Å². The number of aromatic hydroxyl groups is 1. The normalized spacial score (nSPS) is 20.9. The fraction of sp³-hybridized carbons (Fsp3) is 0.407. The van der Waals surface area contributed by atoms with Crippen molar-refractivity contribution < 1.29 is 5.11 Å². The molecule has 0 unspecified atom stereocenters. The fourth-order valence-electron chi connectivity index (χ4n) is 4.99. The highest BCUT2D eigenvalue weighted by atomic mass is 16.3. The zero-order chi connectivity index (χ0) is 24.7. The van der Waals surface area contributed by atoms with Crippen LogP contribution < -0.4 is 5.32 Å². The quantitative estimate of drug-likeness (QED) is 0.596. The predicted molar refractivity (Wildman–Crippen MR) is 140 cm³/mol. The lowest BCUT2D eigenvalue weighted by Gasteiger charge is -2.37. The Labute approximate surface area is 206 Å². The van der Waals surface area contributed by atoms with E-state index in [1.54, 1.807) is 10.6 Å². The minimum Gasteiger partial charge on any atom is -0.507 e. The molecule has 3 aromatic rings. The van der Waals surface area contributed by atoms with E-state index in [-0.39, 0.29) is 5.75 Å². The standard InChI is InChI=1S/C27H33N7O/c1-6-20-10-24(30-31-26(11-20)33-13-17(3)28-18(4)14-33)22-8-7-21(12-25(22)35)23-9-16(2)27-29-19(5)15-34(27)32-23/h7-10,12,15,17-18,28,35H,6,11,13-14H2,1-5H3/t17-,18+. The maximum absolute atomic E-state index is 11.0. The number of rotatable bonds is 3. The molecule has 0 bridgehead atoms. The summed E-state index contributed by atoms with van der Waals surface area (Å²) in [6.07, 6.45) is 5.66. The van der Waals surface area contributed by atoms with Crippen molar-refractivity contribution in [3.05, 3.63) is 58.9 Å². The van der Waals surface area contributed by atoms with Crippen LogP contribution >= 0.6 is 0 Å². The first-order valence-electron chi connectivity index (χ1n) is 12.3. The number of hydrogen-bond donors (Lipinski definition) is 2. The molecule has 1 aromatic carbocycles. The highest BCUT2D eigenvalue weighted by Crippen LogP contribution is 2.29. The molecule has 4 heterocycles. The smallest absolute Gasteiger partial charge is 0.156 e. The van der Waals surface area contributed by atoms with Crippen molar-refractivity contribution in [2.75, 3.05) is 13.1 Å². The van der Waals surface area contributed by atoms with Gasteiger partial charge < -0.3 is 15.3 Å². The summed E-state index contributed by atoms with van der Waals surface area (Å²) in [6.45, 7) is 12.4. The minimum atomic E-state index is 0.164. The van der Waals surface area contributed by atoms with Gasteiger partial charge in [-0.2, -0.15) is 5.10 Å². The van der Waals surface area contributed by atoms with E-state index in [1.807, 2.05) is 38.2 Å². The van der Waals surface area contributed by atoms with Crippen molar-refractivity contribution in [2.24, 2.45) is 10.2 Å². The van der Waals surface area contributed by atoms with Crippen molar-refractivity contribution >= 4 is 17.2 Å². The molecule has 2 N–H and O–H groups in total. The van der Waals surface area contributed by atoms with Gasteiger partial charge in [0.05, 0.1) is 23.3 Å². The number of phenolic OH excluding ortho intramolecular Hbond substituents is 1. The van der Waals surface area contributed by atoms with Gasteiger partial charge in [0.25, 0.3) is 0 Å². The average molecular weight is 472 g/mol. The maximum Gasteiger partial charge on any atom is 0.156 e. The topological polar surface area (TPSA) is 90.4 Å². The van der Waals surface area contributed by atoms with Crippen molar-refractivity contribution in [1.82, 2.24) is 24.8 Å². The van der Waals surface area contributed by atoms with Gasteiger partial charge in [-0.15, -0.1) is 10.2 Å². The second-order valence-corrected chi connectivity index (χ2v) is 9.80. The number of nitrogens with one attached hydrogen (secondary N) is 1. The highest BCUT2D eigenvalue weighted by molar-refractivity contribution is 6.12. The van der Waals surface area contributed by atoms with Gasteiger partial charge in [0, 0.05) is 42.7 Å². The van der Waals surface area contributed by atoms with Crippen LogP contribution in [0.15, 0.2) is 52.3 Å². The lowest BCUT2D eigenvalue weighted by molar-refractivity contribution is 0.252. The van der Waals surface area contributed by atoms with Crippen molar-refractivity contribution in [3.8, 4) is 17.0 Å². The number of piperazine rings is 1. The summed E-state index contributed by atoms with van der Waals surface area (Å²) in [4.78, 5) is 6.86. The second-order valence-electron chi connectivity index (χ2n) is 9.80. The number of fused-ring (bicyclic) bond motifs is 1. The third kappa shape index (κ3) is 4.71. The van der Waals surface area contributed by atoms with Crippen LogP contribution in [0.2, 0.25) is 0 Å². The monoisotopic (exact) mass is 471 g/mol. The summed E-state index contributed by atoms with van der Waals surface area (Å²) in [5.74, 6) is 1.16. The first-order valence-corrected chi connectivity index (χ1v) is 12.3. The highest BCUT2D eigenvalue weighted by Gasteiger charge is 2.25. The van der Waals surface area contributed by atoms with E-state index < -0.39 is 0 Å². The molecular weight excluding hydrogens is 438 g/mol. The molecule has 0 amide bonds. The van der Waals surface area contributed by atoms with Crippen LogP contribution in [0.5, 0.6) is 5.75 Å². The zero-order valence-electron chi connectivity index (χ0n) is 21.1. The molecule has 2 atom stereocenters. The molecule has 0 aliphatic carbocycles. The van der Waals surface area contributed by atoms with E-state index in [0.717, 1.165) is 59.9 Å². The molecule has 2 aromatic heterocycles. The van der Waals surface area contributed by atoms with Crippen molar-refractivity contribution in [1.29, 1.82) is 0 Å². The summed E-state index contributed by atoms with van der Waals surface area (Å²) in [7, 11) is 0. The van der Waals surface area contributed by atoms with Crippen LogP contribution in [0.4, 0.5) is 0 Å². The summed E-state index contributed by atoms with van der Waals surface area (Å²) in [5, 5.41) is 28.5. The fourth-order valence-corrected chi connectivity index (χ4v) is 4.99. The SMILES string of the molecule is CCC1=CC(c2ccc(-c3cc(C)c4nc(C)cn4n3)cc2O)=NN=C(N2C[C@@H](C)N[C@@H](C)C2)C1. The maximum atomic E-state index is 11.0. The van der Waals surface area contributed by atoms with Crippen LogP contribution in [0.1, 0.15) is 50.4 Å². The van der Waals surface area contributed by atoms with Gasteiger partial charge >= 0.3 is 0 Å². The third-order valence-electron chi connectivity index (χ3n) is 6.68. The molecule has 182 valence electrons. The number of aryl methyl sites for hydroxylation is 2. The van der Waals surface area contributed by atoms with Crippen LogP contribution in [0, 0.1) is 13.8 Å². The van der Waals surface area contributed by atoms with E-state index in [9.17, 15) is 5.11 Å². The van der Waals surface area contributed by atoms with E-state index in [4.69, 9.17) is 5.10 Å². The van der Waals surface area contributed by atoms with E-state index in [1.165, 1.54) is 5.57 Å². The Bertz CT molecular complexity index is 1360. The number of benzene rings is 1. The Balaban J connectivity index is 1.48.